The molecule has 0 amide bonds. The minimum atomic E-state index is -4.51. The van der Waals surface area contributed by atoms with Crippen molar-refractivity contribution >= 4 is 13.8 Å². The van der Waals surface area contributed by atoms with Gasteiger partial charge >= 0.3 is 5.97 Å². The third-order valence-electron chi connectivity index (χ3n) is 5.92. The van der Waals surface area contributed by atoms with E-state index in [2.05, 4.69) is 6.92 Å². The Kier molecular flexibility index (Phi) is 21.3. The number of phosphoric ester groups is 1. The number of carbonyl (C=O) groups excluding carboxylic acids is 1. The zero-order chi connectivity index (χ0) is 26.4. The highest BCUT2D eigenvalue weighted by Gasteiger charge is 2.19. The summed E-state index contributed by atoms with van der Waals surface area (Å²) in [6.45, 7) is 1.78. The SMILES string of the molecule is CCCCCCCCCCCCCCCCCC(=O)OC(CO)COP(=O)([O-])OCC[N+](C)(C)C. The minimum Gasteiger partial charge on any atom is -0.756 e. The van der Waals surface area contributed by atoms with Gasteiger partial charge in [0.05, 0.1) is 34.4 Å². The van der Waals surface area contributed by atoms with E-state index in [0.717, 1.165) is 19.3 Å². The normalized spacial score (nSPS) is 14.6. The van der Waals surface area contributed by atoms with E-state index in [1.54, 1.807) is 0 Å². The predicted octanol–water partition coefficient (Wildman–Crippen LogP) is 5.36. The van der Waals surface area contributed by atoms with Crippen LogP contribution in [0, 0.1) is 0 Å². The molecule has 0 bridgehead atoms. The number of phosphoric acid groups is 1. The molecule has 0 aromatic rings. The van der Waals surface area contributed by atoms with E-state index in [4.69, 9.17) is 13.8 Å². The average molecular weight is 524 g/mol. The van der Waals surface area contributed by atoms with Gasteiger partial charge in [-0.25, -0.2) is 0 Å². The third kappa shape index (κ3) is 25.0. The molecule has 2 atom stereocenters. The molecule has 0 aliphatic rings. The molecule has 0 heterocycles. The van der Waals surface area contributed by atoms with Gasteiger partial charge in [-0.15, -0.1) is 0 Å². The second kappa shape index (κ2) is 21.6. The summed E-state index contributed by atoms with van der Waals surface area (Å²) in [5.41, 5.74) is 0. The lowest BCUT2D eigenvalue weighted by Crippen LogP contribution is -2.37. The molecule has 1 N–H and O–H groups in total. The van der Waals surface area contributed by atoms with Crippen molar-refractivity contribution in [2.45, 2.75) is 116 Å². The molecule has 0 saturated heterocycles. The summed E-state index contributed by atoms with van der Waals surface area (Å²) in [4.78, 5) is 23.8. The molecule has 0 saturated carbocycles. The highest BCUT2D eigenvalue weighted by atomic mass is 31.2. The number of ether oxygens (including phenoxy) is 1. The monoisotopic (exact) mass is 523 g/mol. The molecule has 0 rings (SSSR count). The van der Waals surface area contributed by atoms with Crippen molar-refractivity contribution < 1.29 is 37.6 Å². The fourth-order valence-electron chi connectivity index (χ4n) is 3.65. The minimum absolute atomic E-state index is 0.00689. The van der Waals surface area contributed by atoms with Crippen LogP contribution in [-0.4, -0.2) is 69.2 Å². The van der Waals surface area contributed by atoms with Gasteiger partial charge in [0.25, 0.3) is 7.82 Å². The summed E-state index contributed by atoms with van der Waals surface area (Å²) in [7, 11) is 1.24. The van der Waals surface area contributed by atoms with Crippen LogP contribution in [0.4, 0.5) is 0 Å². The molecular weight excluding hydrogens is 469 g/mol. The van der Waals surface area contributed by atoms with Crippen LogP contribution in [-0.2, 0) is 23.1 Å². The van der Waals surface area contributed by atoms with Crippen LogP contribution in [0.25, 0.3) is 0 Å². The van der Waals surface area contributed by atoms with Crippen LogP contribution in [0.3, 0.4) is 0 Å². The molecule has 0 spiro atoms. The first-order valence-corrected chi connectivity index (χ1v) is 15.3. The number of carbonyl (C=O) groups is 1. The maximum absolute atomic E-state index is 12.0. The molecular formula is C26H54NO7P. The van der Waals surface area contributed by atoms with Crippen LogP contribution >= 0.6 is 7.82 Å². The number of unbranched alkanes of at least 4 members (excludes halogenated alkanes) is 14. The predicted molar refractivity (Wildman–Crippen MR) is 139 cm³/mol. The highest BCUT2D eigenvalue weighted by Crippen LogP contribution is 2.38. The molecule has 9 heteroatoms. The fourth-order valence-corrected chi connectivity index (χ4v) is 4.38. The second-order valence-corrected chi connectivity index (χ2v) is 12.0. The number of esters is 1. The van der Waals surface area contributed by atoms with Crippen LogP contribution < -0.4 is 4.89 Å². The molecule has 0 radical (unpaired) electrons. The Morgan fingerprint density at radius 3 is 1.71 bits per heavy atom. The summed E-state index contributed by atoms with van der Waals surface area (Å²) in [5, 5.41) is 9.37. The number of hydrogen-bond donors (Lipinski definition) is 1. The summed E-state index contributed by atoms with van der Waals surface area (Å²) < 4.78 is 27.1. The number of aliphatic hydroxyl groups excluding tert-OH is 1. The zero-order valence-electron chi connectivity index (χ0n) is 23.0. The topological polar surface area (TPSA) is 105 Å². The van der Waals surface area contributed by atoms with Crippen molar-refractivity contribution in [2.75, 3.05) is 47.5 Å². The van der Waals surface area contributed by atoms with E-state index in [9.17, 15) is 19.4 Å². The smallest absolute Gasteiger partial charge is 0.306 e. The number of likely N-dealkylation sites (N-methyl/N-ethyl adjacent to an activating group) is 1. The standard InChI is InChI=1S/C26H54NO7P/c1-5-6-7-8-9-10-11-12-13-14-15-16-17-18-19-20-26(29)34-25(23-28)24-33-35(30,31)32-22-21-27(2,3)4/h25,28H,5-24H2,1-4H3. The van der Waals surface area contributed by atoms with Gasteiger partial charge in [0.2, 0.25) is 0 Å². The van der Waals surface area contributed by atoms with Gasteiger partial charge in [0, 0.05) is 6.42 Å². The summed E-state index contributed by atoms with van der Waals surface area (Å²) in [5.74, 6) is -0.450. The molecule has 0 aliphatic heterocycles. The third-order valence-corrected chi connectivity index (χ3v) is 6.88. The van der Waals surface area contributed by atoms with E-state index >= 15 is 0 Å². The molecule has 210 valence electrons. The molecule has 0 aromatic carbocycles. The Balaban J connectivity index is 3.68. The number of aliphatic hydroxyl groups is 1. The van der Waals surface area contributed by atoms with Crippen LogP contribution in [0.5, 0.6) is 0 Å². The maximum Gasteiger partial charge on any atom is 0.306 e. The lowest BCUT2D eigenvalue weighted by molar-refractivity contribution is -0.870. The number of hydrogen-bond acceptors (Lipinski definition) is 7. The summed E-state index contributed by atoms with van der Waals surface area (Å²) in [6.07, 6.45) is 18.0. The molecule has 0 aromatic heterocycles. The Hall–Kier alpha value is -0.500. The first-order chi connectivity index (χ1) is 16.6. The van der Waals surface area contributed by atoms with Crippen molar-refractivity contribution in [2.24, 2.45) is 0 Å². The van der Waals surface area contributed by atoms with Crippen LogP contribution in [0.2, 0.25) is 0 Å². The summed E-state index contributed by atoms with van der Waals surface area (Å²) >= 11 is 0. The van der Waals surface area contributed by atoms with Gasteiger partial charge in [0.1, 0.15) is 19.3 Å². The molecule has 2 unspecified atom stereocenters. The Labute approximate surface area is 214 Å². The van der Waals surface area contributed by atoms with Crippen LogP contribution in [0.15, 0.2) is 0 Å². The molecule has 35 heavy (non-hydrogen) atoms. The lowest BCUT2D eigenvalue weighted by atomic mass is 10.0. The van der Waals surface area contributed by atoms with Gasteiger partial charge in [0.15, 0.2) is 0 Å². The lowest BCUT2D eigenvalue weighted by Gasteiger charge is -2.28. The van der Waals surface area contributed by atoms with E-state index < -0.39 is 33.1 Å². The maximum atomic E-state index is 12.0. The van der Waals surface area contributed by atoms with E-state index in [0.29, 0.717) is 11.0 Å². The van der Waals surface area contributed by atoms with E-state index in [-0.39, 0.29) is 13.0 Å². The first kappa shape index (κ1) is 34.5. The van der Waals surface area contributed by atoms with Gasteiger partial charge in [-0.05, 0) is 6.42 Å². The van der Waals surface area contributed by atoms with Gasteiger partial charge in [-0.3, -0.25) is 9.36 Å². The van der Waals surface area contributed by atoms with Crippen molar-refractivity contribution in [1.29, 1.82) is 0 Å². The zero-order valence-corrected chi connectivity index (χ0v) is 23.9. The number of nitrogens with zero attached hydrogens (tertiary/aromatic N) is 1. The Morgan fingerprint density at radius 2 is 1.29 bits per heavy atom. The Bertz CT molecular complexity index is 554. The fraction of sp³-hybridized carbons (Fsp3) is 0.962. The van der Waals surface area contributed by atoms with Crippen molar-refractivity contribution in [3.63, 3.8) is 0 Å². The van der Waals surface area contributed by atoms with Crippen molar-refractivity contribution in [3.05, 3.63) is 0 Å². The number of rotatable bonds is 25. The van der Waals surface area contributed by atoms with Gasteiger partial charge in [-0.2, -0.15) is 0 Å². The first-order valence-electron chi connectivity index (χ1n) is 13.8. The van der Waals surface area contributed by atoms with E-state index in [1.807, 2.05) is 21.1 Å². The highest BCUT2D eigenvalue weighted by molar-refractivity contribution is 7.45. The number of quaternary nitrogens is 1. The molecule has 8 nitrogen and oxygen atoms in total. The summed E-state index contributed by atoms with van der Waals surface area (Å²) in [6, 6.07) is 0. The Morgan fingerprint density at radius 1 is 0.829 bits per heavy atom. The van der Waals surface area contributed by atoms with Crippen molar-refractivity contribution in [1.82, 2.24) is 0 Å². The van der Waals surface area contributed by atoms with Gasteiger partial charge < -0.3 is 28.3 Å². The van der Waals surface area contributed by atoms with E-state index in [1.165, 1.54) is 77.0 Å². The second-order valence-electron chi connectivity index (χ2n) is 10.6. The van der Waals surface area contributed by atoms with Crippen LogP contribution in [0.1, 0.15) is 110 Å². The molecule has 0 fully saturated rings. The van der Waals surface area contributed by atoms with Gasteiger partial charge in [-0.1, -0.05) is 96.8 Å². The molecule has 0 aliphatic carbocycles. The van der Waals surface area contributed by atoms with Crippen molar-refractivity contribution in [3.8, 4) is 0 Å². The largest absolute Gasteiger partial charge is 0.756 e. The average Bonchev–Trinajstić information content (AvgIpc) is 2.78. The quantitative estimate of drug-likeness (QED) is 0.0743.